The molecule has 0 aliphatic rings. The highest BCUT2D eigenvalue weighted by Crippen LogP contribution is 2.29. The Morgan fingerprint density at radius 2 is 2.19 bits per heavy atom. The summed E-state index contributed by atoms with van der Waals surface area (Å²) in [5.41, 5.74) is 6.23. The second-order valence-corrected chi connectivity index (χ2v) is 3.64. The highest BCUT2D eigenvalue weighted by molar-refractivity contribution is 5.68. The summed E-state index contributed by atoms with van der Waals surface area (Å²) in [6, 6.07) is 3.32. The SMILES string of the molecule is CC(F)c1ccc(O)c(C(N)CC(=O)O)c1. The van der Waals surface area contributed by atoms with Gasteiger partial charge in [-0.05, 0) is 24.6 Å². The predicted octanol–water partition coefficient (Wildman–Crippen LogP) is 1.90. The number of alkyl halides is 1. The van der Waals surface area contributed by atoms with E-state index in [4.69, 9.17) is 10.8 Å². The van der Waals surface area contributed by atoms with Crippen LogP contribution in [0.4, 0.5) is 4.39 Å². The summed E-state index contributed by atoms with van der Waals surface area (Å²) < 4.78 is 13.0. The Balaban J connectivity index is 3.01. The minimum absolute atomic E-state index is 0.113. The molecular formula is C11H14FNO3. The summed E-state index contributed by atoms with van der Waals surface area (Å²) in [6.45, 7) is 1.36. The van der Waals surface area contributed by atoms with E-state index in [1.165, 1.54) is 25.1 Å². The van der Waals surface area contributed by atoms with Gasteiger partial charge in [-0.1, -0.05) is 6.07 Å². The van der Waals surface area contributed by atoms with Crippen molar-refractivity contribution in [2.24, 2.45) is 5.73 Å². The lowest BCUT2D eigenvalue weighted by atomic mass is 9.99. The van der Waals surface area contributed by atoms with Crippen LogP contribution in [0.3, 0.4) is 0 Å². The van der Waals surface area contributed by atoms with Crippen molar-refractivity contribution in [2.75, 3.05) is 0 Å². The fourth-order valence-corrected chi connectivity index (χ4v) is 1.42. The number of carboxylic acid groups (broad SMARTS) is 1. The maximum atomic E-state index is 13.0. The van der Waals surface area contributed by atoms with Crippen LogP contribution in [0, 0.1) is 0 Å². The molecule has 16 heavy (non-hydrogen) atoms. The Hall–Kier alpha value is -1.62. The van der Waals surface area contributed by atoms with E-state index >= 15 is 0 Å². The van der Waals surface area contributed by atoms with Gasteiger partial charge in [0.05, 0.1) is 6.42 Å². The van der Waals surface area contributed by atoms with E-state index in [1.807, 2.05) is 0 Å². The van der Waals surface area contributed by atoms with Crippen LogP contribution in [0.15, 0.2) is 18.2 Å². The van der Waals surface area contributed by atoms with Crippen molar-refractivity contribution in [3.8, 4) is 5.75 Å². The van der Waals surface area contributed by atoms with Crippen LogP contribution in [-0.4, -0.2) is 16.2 Å². The van der Waals surface area contributed by atoms with Crippen LogP contribution >= 0.6 is 0 Å². The lowest BCUT2D eigenvalue weighted by Gasteiger charge is -2.13. The molecule has 1 rings (SSSR count). The standard InChI is InChI=1S/C11H14FNO3/c1-6(12)7-2-3-10(14)8(4-7)9(13)5-11(15)16/h2-4,6,9,14H,5,13H2,1H3,(H,15,16). The molecule has 0 aliphatic heterocycles. The minimum Gasteiger partial charge on any atom is -0.508 e. The molecule has 0 saturated heterocycles. The average molecular weight is 227 g/mol. The number of carbonyl (C=O) groups is 1. The Morgan fingerprint density at radius 1 is 1.56 bits per heavy atom. The van der Waals surface area contributed by atoms with Crippen LogP contribution in [0.1, 0.15) is 36.7 Å². The highest BCUT2D eigenvalue weighted by Gasteiger charge is 2.16. The monoisotopic (exact) mass is 227 g/mol. The van der Waals surface area contributed by atoms with E-state index in [1.54, 1.807) is 0 Å². The molecule has 1 aromatic rings. The fourth-order valence-electron chi connectivity index (χ4n) is 1.42. The second kappa shape index (κ2) is 4.94. The molecule has 0 spiro atoms. The molecule has 88 valence electrons. The largest absolute Gasteiger partial charge is 0.508 e. The van der Waals surface area contributed by atoms with E-state index in [-0.39, 0.29) is 17.7 Å². The molecule has 0 saturated carbocycles. The molecule has 0 aromatic heterocycles. The third-order valence-corrected chi connectivity index (χ3v) is 2.30. The van der Waals surface area contributed by atoms with Crippen LogP contribution in [0.5, 0.6) is 5.75 Å². The van der Waals surface area contributed by atoms with Crippen molar-refractivity contribution in [2.45, 2.75) is 25.6 Å². The number of rotatable bonds is 4. The summed E-state index contributed by atoms with van der Waals surface area (Å²) in [4.78, 5) is 10.5. The number of phenolic OH excluding ortho intramolecular Hbond substituents is 1. The van der Waals surface area contributed by atoms with E-state index in [2.05, 4.69) is 0 Å². The van der Waals surface area contributed by atoms with Gasteiger partial charge in [0.15, 0.2) is 0 Å². The van der Waals surface area contributed by atoms with Gasteiger partial charge >= 0.3 is 5.97 Å². The first-order valence-corrected chi connectivity index (χ1v) is 4.86. The number of aromatic hydroxyl groups is 1. The van der Waals surface area contributed by atoms with Gasteiger partial charge in [-0.15, -0.1) is 0 Å². The highest BCUT2D eigenvalue weighted by atomic mass is 19.1. The first-order chi connectivity index (χ1) is 7.41. The number of aliphatic carboxylic acids is 1. The van der Waals surface area contributed by atoms with Crippen molar-refractivity contribution in [3.05, 3.63) is 29.3 Å². The van der Waals surface area contributed by atoms with Crippen LogP contribution in [0.2, 0.25) is 0 Å². The molecule has 4 N–H and O–H groups in total. The number of hydrogen-bond donors (Lipinski definition) is 3. The number of nitrogens with two attached hydrogens (primary N) is 1. The average Bonchev–Trinajstić information content (AvgIpc) is 2.16. The van der Waals surface area contributed by atoms with Crippen molar-refractivity contribution in [1.82, 2.24) is 0 Å². The molecule has 0 heterocycles. The second-order valence-electron chi connectivity index (χ2n) is 3.64. The lowest BCUT2D eigenvalue weighted by Crippen LogP contribution is -2.15. The third kappa shape index (κ3) is 2.93. The summed E-state index contributed by atoms with van der Waals surface area (Å²) >= 11 is 0. The van der Waals surface area contributed by atoms with Crippen molar-refractivity contribution in [1.29, 1.82) is 0 Å². The topological polar surface area (TPSA) is 83.5 Å². The van der Waals surface area contributed by atoms with Gasteiger partial charge in [0.1, 0.15) is 11.9 Å². The van der Waals surface area contributed by atoms with E-state index in [0.717, 1.165) is 0 Å². The molecule has 0 amide bonds. The van der Waals surface area contributed by atoms with Gasteiger partial charge in [-0.25, -0.2) is 4.39 Å². The third-order valence-electron chi connectivity index (χ3n) is 2.30. The van der Waals surface area contributed by atoms with Crippen molar-refractivity contribution < 1.29 is 19.4 Å². The summed E-state index contributed by atoms with van der Waals surface area (Å²) in [5.74, 6) is -1.18. The number of halogens is 1. The number of hydrogen-bond acceptors (Lipinski definition) is 3. The smallest absolute Gasteiger partial charge is 0.305 e. The molecule has 1 aromatic carbocycles. The molecular weight excluding hydrogens is 213 g/mol. The van der Waals surface area contributed by atoms with E-state index in [0.29, 0.717) is 5.56 Å². The van der Waals surface area contributed by atoms with E-state index in [9.17, 15) is 14.3 Å². The van der Waals surface area contributed by atoms with Crippen molar-refractivity contribution >= 4 is 5.97 Å². The van der Waals surface area contributed by atoms with Gasteiger partial charge in [0.2, 0.25) is 0 Å². The zero-order valence-corrected chi connectivity index (χ0v) is 8.85. The van der Waals surface area contributed by atoms with Gasteiger partial charge in [-0.2, -0.15) is 0 Å². The maximum Gasteiger partial charge on any atom is 0.305 e. The molecule has 4 nitrogen and oxygen atoms in total. The molecule has 0 fully saturated rings. The Labute approximate surface area is 92.5 Å². The molecule has 0 bridgehead atoms. The van der Waals surface area contributed by atoms with Crippen molar-refractivity contribution in [3.63, 3.8) is 0 Å². The first-order valence-electron chi connectivity index (χ1n) is 4.86. The summed E-state index contributed by atoms with van der Waals surface area (Å²) in [6.07, 6.45) is -1.49. The Kier molecular flexibility index (Phi) is 3.84. The van der Waals surface area contributed by atoms with Gasteiger partial charge in [0.25, 0.3) is 0 Å². The summed E-state index contributed by atoms with van der Waals surface area (Å²) in [7, 11) is 0. The van der Waals surface area contributed by atoms with Crippen LogP contribution in [-0.2, 0) is 4.79 Å². The van der Waals surface area contributed by atoms with Gasteiger partial charge < -0.3 is 15.9 Å². The minimum atomic E-state index is -1.18. The van der Waals surface area contributed by atoms with E-state index < -0.39 is 18.2 Å². The van der Waals surface area contributed by atoms with Gasteiger partial charge in [-0.3, -0.25) is 4.79 Å². The number of benzene rings is 1. The quantitative estimate of drug-likeness (QED) is 0.733. The zero-order chi connectivity index (χ0) is 12.3. The molecule has 5 heteroatoms. The fraction of sp³-hybridized carbons (Fsp3) is 0.364. The predicted molar refractivity (Wildman–Crippen MR) is 56.8 cm³/mol. The van der Waals surface area contributed by atoms with Crippen LogP contribution in [0.25, 0.3) is 0 Å². The zero-order valence-electron chi connectivity index (χ0n) is 8.85. The van der Waals surface area contributed by atoms with Gasteiger partial charge in [0, 0.05) is 11.6 Å². The Bertz CT molecular complexity index is 393. The summed E-state index contributed by atoms with van der Waals surface area (Å²) in [5, 5.41) is 18.1. The number of phenols is 1. The number of carboxylic acids is 1. The molecule has 2 unspecified atom stereocenters. The Morgan fingerprint density at radius 3 is 2.69 bits per heavy atom. The maximum absolute atomic E-state index is 13.0. The molecule has 2 atom stereocenters. The van der Waals surface area contributed by atoms with Crippen LogP contribution < -0.4 is 5.73 Å². The molecule has 0 aliphatic carbocycles. The first kappa shape index (κ1) is 12.4. The molecule has 0 radical (unpaired) electrons. The lowest BCUT2D eigenvalue weighted by molar-refractivity contribution is -0.137. The normalized spacial score (nSPS) is 14.4.